The van der Waals surface area contributed by atoms with E-state index in [-0.39, 0.29) is 0 Å². The second-order valence-corrected chi connectivity index (χ2v) is 16.8. The van der Waals surface area contributed by atoms with Crippen molar-refractivity contribution in [2.24, 2.45) is 0 Å². The minimum atomic E-state index is 0.851. The van der Waals surface area contributed by atoms with E-state index in [0.29, 0.717) is 0 Å². The van der Waals surface area contributed by atoms with Gasteiger partial charge < -0.3 is 0 Å². The summed E-state index contributed by atoms with van der Waals surface area (Å²) in [4.78, 5) is 10.6. The number of fused-ring (bicyclic) bond motifs is 7. The molecule has 0 amide bonds. The quantitative estimate of drug-likeness (QED) is 0.128. The predicted octanol–water partition coefficient (Wildman–Crippen LogP) is 16.9. The van der Waals surface area contributed by atoms with Gasteiger partial charge in [-0.2, -0.15) is 0 Å². The van der Waals surface area contributed by atoms with Crippen LogP contribution in [0, 0.1) is 0 Å². The Morgan fingerprint density at radius 2 is 0.703 bits per heavy atom. The van der Waals surface area contributed by atoms with Gasteiger partial charge in [-0.05, 0) is 110 Å². The maximum Gasteiger partial charge on any atom is 0.0972 e. The van der Waals surface area contributed by atoms with Crippen molar-refractivity contribution in [3.05, 3.63) is 231 Å². The first-order chi connectivity index (χ1) is 31.8. The normalized spacial score (nSPS) is 11.8. The summed E-state index contributed by atoms with van der Waals surface area (Å²) in [7, 11) is 0. The fourth-order valence-electron chi connectivity index (χ4n) is 10.4. The third-order valence-corrected chi connectivity index (χ3v) is 13.2. The van der Waals surface area contributed by atoms with Crippen LogP contribution in [0.4, 0.5) is 0 Å². The van der Waals surface area contributed by atoms with Gasteiger partial charge in [0, 0.05) is 16.7 Å². The summed E-state index contributed by atoms with van der Waals surface area (Å²) in [6, 6.07) is 81.5. The number of hydrogen-bond acceptors (Lipinski definition) is 2. The summed E-state index contributed by atoms with van der Waals surface area (Å²) in [5.41, 5.74) is 10.5. The van der Waals surface area contributed by atoms with Crippen LogP contribution in [0.3, 0.4) is 0 Å². The van der Waals surface area contributed by atoms with Gasteiger partial charge in [0.1, 0.15) is 0 Å². The van der Waals surface area contributed by atoms with Gasteiger partial charge in [0.25, 0.3) is 0 Å². The predicted molar refractivity (Wildman–Crippen MR) is 272 cm³/mol. The van der Waals surface area contributed by atoms with Crippen molar-refractivity contribution in [2.45, 2.75) is 0 Å². The van der Waals surface area contributed by atoms with Gasteiger partial charge in [-0.25, -0.2) is 4.98 Å². The van der Waals surface area contributed by atoms with E-state index in [2.05, 4.69) is 212 Å². The molecule has 0 bridgehead atoms. The zero-order chi connectivity index (χ0) is 42.1. The number of rotatable bonds is 5. The lowest BCUT2D eigenvalue weighted by Gasteiger charge is -2.18. The van der Waals surface area contributed by atoms with Crippen LogP contribution >= 0.6 is 0 Å². The molecule has 0 saturated heterocycles. The lowest BCUT2D eigenvalue weighted by atomic mass is 9.86. The molecule has 0 fully saturated rings. The first-order valence-electron chi connectivity index (χ1n) is 22.0. The Labute approximate surface area is 370 Å². The topological polar surface area (TPSA) is 25.8 Å². The Balaban J connectivity index is 1.00. The molecule has 2 nitrogen and oxygen atoms in total. The molecule has 0 aliphatic rings. The average Bonchev–Trinajstić information content (AvgIpc) is 3.37. The van der Waals surface area contributed by atoms with Crippen LogP contribution in [-0.2, 0) is 0 Å². The molecule has 0 saturated carbocycles. The number of benzene rings is 11. The van der Waals surface area contributed by atoms with Gasteiger partial charge in [-0.3, -0.25) is 4.98 Å². The average molecular weight is 811 g/mol. The summed E-state index contributed by atoms with van der Waals surface area (Å²) in [6.45, 7) is 0. The van der Waals surface area contributed by atoms with Crippen molar-refractivity contribution >= 4 is 75.4 Å². The Hall–Kier alpha value is -8.46. The molecule has 0 aliphatic heterocycles. The van der Waals surface area contributed by atoms with E-state index in [1.807, 2.05) is 18.3 Å². The molecule has 64 heavy (non-hydrogen) atoms. The van der Waals surface area contributed by atoms with Crippen LogP contribution in [0.25, 0.3) is 131 Å². The minimum Gasteiger partial charge on any atom is -0.252 e. The summed E-state index contributed by atoms with van der Waals surface area (Å²) >= 11 is 0. The molecule has 0 aliphatic carbocycles. The van der Waals surface area contributed by atoms with Crippen LogP contribution in [0.1, 0.15) is 0 Å². The van der Waals surface area contributed by atoms with Gasteiger partial charge in [-0.1, -0.05) is 212 Å². The van der Waals surface area contributed by atoms with E-state index < -0.39 is 0 Å². The molecule has 0 radical (unpaired) electrons. The number of aromatic nitrogens is 2. The number of hydrogen-bond donors (Lipinski definition) is 0. The highest BCUT2D eigenvalue weighted by Gasteiger charge is 2.21. The standard InChI is InChI=1S/C62H38N2/c1-3-16-42(17-4-1)61-62(43-18-5-2-6-19-43)64-56(38-63-61)60-53-27-13-11-25-51(53)57(52-26-12-14-28-54(52)60)41-32-30-39(31-33-41)45-36-44-35-34-40-20-15-29-50-48-23-9-7-21-46(48)47-22-8-10-24-49(47)55(37-45)59(44)58(40)50/h1-38H. The van der Waals surface area contributed by atoms with E-state index in [1.165, 1.54) is 86.9 Å². The van der Waals surface area contributed by atoms with E-state index in [9.17, 15) is 0 Å². The molecule has 0 spiro atoms. The Kier molecular flexibility index (Phi) is 8.25. The first-order valence-corrected chi connectivity index (χ1v) is 22.0. The molecule has 0 unspecified atom stereocenters. The summed E-state index contributed by atoms with van der Waals surface area (Å²) in [6.07, 6.45) is 1.96. The molecule has 12 aromatic carbocycles. The van der Waals surface area contributed by atoms with Crippen molar-refractivity contribution in [1.29, 1.82) is 0 Å². The first kappa shape index (κ1) is 36.2. The molecule has 13 aromatic rings. The van der Waals surface area contributed by atoms with Crippen LogP contribution in [-0.4, -0.2) is 9.97 Å². The third kappa shape index (κ3) is 5.66. The Bertz CT molecular complexity index is 3930. The second kappa shape index (κ2) is 14.6. The van der Waals surface area contributed by atoms with Gasteiger partial charge in [-0.15, -0.1) is 0 Å². The highest BCUT2D eigenvalue weighted by molar-refractivity contribution is 6.33. The lowest BCUT2D eigenvalue weighted by molar-refractivity contribution is 1.22. The highest BCUT2D eigenvalue weighted by atomic mass is 14.8. The molecule has 1 aromatic heterocycles. The lowest BCUT2D eigenvalue weighted by Crippen LogP contribution is -1.98. The smallest absolute Gasteiger partial charge is 0.0972 e. The molecule has 13 rings (SSSR count). The molecule has 1 heterocycles. The Morgan fingerprint density at radius 1 is 0.250 bits per heavy atom. The Morgan fingerprint density at radius 3 is 1.31 bits per heavy atom. The van der Waals surface area contributed by atoms with Crippen LogP contribution in [0.2, 0.25) is 0 Å². The van der Waals surface area contributed by atoms with Gasteiger partial charge in [0.15, 0.2) is 0 Å². The molecular weight excluding hydrogens is 773 g/mol. The van der Waals surface area contributed by atoms with Gasteiger partial charge in [0.2, 0.25) is 0 Å². The molecule has 296 valence electrons. The summed E-state index contributed by atoms with van der Waals surface area (Å²) in [5.74, 6) is 0. The maximum absolute atomic E-state index is 5.47. The maximum atomic E-state index is 5.47. The highest BCUT2D eigenvalue weighted by Crippen LogP contribution is 2.46. The monoisotopic (exact) mass is 810 g/mol. The zero-order valence-electron chi connectivity index (χ0n) is 34.8. The number of nitrogens with zero attached hydrogens (tertiary/aromatic N) is 2. The third-order valence-electron chi connectivity index (χ3n) is 13.2. The van der Waals surface area contributed by atoms with Crippen molar-refractivity contribution in [3.63, 3.8) is 0 Å². The fourth-order valence-corrected chi connectivity index (χ4v) is 10.4. The summed E-state index contributed by atoms with van der Waals surface area (Å²) in [5, 5.41) is 17.4. The van der Waals surface area contributed by atoms with E-state index in [4.69, 9.17) is 9.97 Å². The van der Waals surface area contributed by atoms with Crippen molar-refractivity contribution in [3.8, 4) is 56.0 Å². The minimum absolute atomic E-state index is 0.851. The van der Waals surface area contributed by atoms with E-state index >= 15 is 0 Å². The largest absolute Gasteiger partial charge is 0.252 e. The van der Waals surface area contributed by atoms with Crippen molar-refractivity contribution in [2.75, 3.05) is 0 Å². The molecule has 0 N–H and O–H groups in total. The van der Waals surface area contributed by atoms with Crippen molar-refractivity contribution < 1.29 is 0 Å². The van der Waals surface area contributed by atoms with Crippen LogP contribution in [0.15, 0.2) is 231 Å². The summed E-state index contributed by atoms with van der Waals surface area (Å²) < 4.78 is 0. The van der Waals surface area contributed by atoms with Gasteiger partial charge in [0.05, 0.1) is 23.3 Å². The van der Waals surface area contributed by atoms with Gasteiger partial charge >= 0.3 is 0 Å². The molecule has 2 heteroatoms. The van der Waals surface area contributed by atoms with Crippen LogP contribution in [0.5, 0.6) is 0 Å². The molecule has 0 atom stereocenters. The van der Waals surface area contributed by atoms with Crippen LogP contribution < -0.4 is 0 Å². The SMILES string of the molecule is c1ccc(-c2ncc(-c3c4ccccc4c(-c4ccc(-c5cc6ccc7cccc8c9ccccc9c9ccccc9c(c5)c6c78)cc4)c4ccccc34)nc2-c2ccccc2)cc1. The van der Waals surface area contributed by atoms with E-state index in [1.54, 1.807) is 0 Å². The van der Waals surface area contributed by atoms with Crippen molar-refractivity contribution in [1.82, 2.24) is 9.97 Å². The van der Waals surface area contributed by atoms with E-state index in [0.717, 1.165) is 44.5 Å². The fraction of sp³-hybridized carbons (Fsp3) is 0. The molecular formula is C62H38N2. The zero-order valence-corrected chi connectivity index (χ0v) is 34.8. The second-order valence-electron chi connectivity index (χ2n) is 16.8.